The molecule has 0 aromatic heterocycles. The van der Waals surface area contributed by atoms with Gasteiger partial charge in [-0.05, 0) is 24.6 Å². The SMILES string of the molecule is Cc1cccc(N2C[C@@H](CO)[C@H](Cl)C2=O)c1. The highest BCUT2D eigenvalue weighted by atomic mass is 35.5. The van der Waals surface area contributed by atoms with E-state index in [1.54, 1.807) is 4.90 Å². The third kappa shape index (κ3) is 1.93. The molecule has 0 saturated carbocycles. The summed E-state index contributed by atoms with van der Waals surface area (Å²) in [5.74, 6) is -0.291. The van der Waals surface area contributed by atoms with E-state index in [1.165, 1.54) is 0 Å². The Kier molecular flexibility index (Phi) is 3.17. The Hall–Kier alpha value is -1.06. The summed E-state index contributed by atoms with van der Waals surface area (Å²) in [5, 5.41) is 8.50. The number of anilines is 1. The van der Waals surface area contributed by atoms with Crippen molar-refractivity contribution in [2.75, 3.05) is 18.1 Å². The highest BCUT2D eigenvalue weighted by molar-refractivity contribution is 6.34. The standard InChI is InChI=1S/C12H14ClNO2/c1-8-3-2-4-10(5-8)14-6-9(7-15)11(13)12(14)16/h2-5,9,11,15H,6-7H2,1H3/t9-,11-/m0/s1. The Bertz CT molecular complexity index is 408. The van der Waals surface area contributed by atoms with Crippen molar-refractivity contribution in [3.05, 3.63) is 29.8 Å². The first-order valence-electron chi connectivity index (χ1n) is 5.26. The number of amides is 1. The fourth-order valence-electron chi connectivity index (χ4n) is 1.95. The molecule has 1 N–H and O–H groups in total. The van der Waals surface area contributed by atoms with Crippen molar-refractivity contribution in [2.45, 2.75) is 12.3 Å². The predicted molar refractivity (Wildman–Crippen MR) is 63.7 cm³/mol. The van der Waals surface area contributed by atoms with Crippen LogP contribution >= 0.6 is 11.6 Å². The minimum atomic E-state index is -0.606. The van der Waals surface area contributed by atoms with Gasteiger partial charge in [0.05, 0.1) is 0 Å². The first-order valence-corrected chi connectivity index (χ1v) is 5.70. The van der Waals surface area contributed by atoms with Crippen LogP contribution in [0.5, 0.6) is 0 Å². The van der Waals surface area contributed by atoms with E-state index < -0.39 is 5.38 Å². The molecule has 1 aromatic carbocycles. The lowest BCUT2D eigenvalue weighted by molar-refractivity contribution is -0.117. The quantitative estimate of drug-likeness (QED) is 0.796. The van der Waals surface area contributed by atoms with Crippen molar-refractivity contribution in [3.63, 3.8) is 0 Å². The molecular formula is C12H14ClNO2. The van der Waals surface area contributed by atoms with Crippen molar-refractivity contribution in [2.24, 2.45) is 5.92 Å². The second kappa shape index (κ2) is 4.44. The molecule has 1 heterocycles. The number of hydrogen-bond acceptors (Lipinski definition) is 2. The van der Waals surface area contributed by atoms with Crippen molar-refractivity contribution in [3.8, 4) is 0 Å². The lowest BCUT2D eigenvalue weighted by Gasteiger charge is -2.16. The van der Waals surface area contributed by atoms with Crippen molar-refractivity contribution in [1.29, 1.82) is 0 Å². The van der Waals surface area contributed by atoms with E-state index in [1.807, 2.05) is 31.2 Å². The van der Waals surface area contributed by atoms with Gasteiger partial charge in [0.2, 0.25) is 5.91 Å². The van der Waals surface area contributed by atoms with Crippen LogP contribution in [0.2, 0.25) is 0 Å². The van der Waals surface area contributed by atoms with Crippen LogP contribution in [0.3, 0.4) is 0 Å². The van der Waals surface area contributed by atoms with E-state index >= 15 is 0 Å². The molecule has 1 saturated heterocycles. The van der Waals surface area contributed by atoms with Gasteiger partial charge in [0, 0.05) is 24.8 Å². The van der Waals surface area contributed by atoms with E-state index in [0.717, 1.165) is 11.3 Å². The largest absolute Gasteiger partial charge is 0.396 e. The Morgan fingerprint density at radius 1 is 1.56 bits per heavy atom. The number of aliphatic hydroxyl groups is 1. The zero-order valence-corrected chi connectivity index (χ0v) is 9.81. The Balaban J connectivity index is 2.26. The molecule has 1 aromatic rings. The van der Waals surface area contributed by atoms with Gasteiger partial charge in [-0.15, -0.1) is 11.6 Å². The van der Waals surface area contributed by atoms with Crippen molar-refractivity contribution < 1.29 is 9.90 Å². The highest BCUT2D eigenvalue weighted by Crippen LogP contribution is 2.28. The topological polar surface area (TPSA) is 40.5 Å². The van der Waals surface area contributed by atoms with Gasteiger partial charge in [-0.1, -0.05) is 12.1 Å². The first-order chi connectivity index (χ1) is 7.63. The van der Waals surface area contributed by atoms with Crippen molar-refractivity contribution >= 4 is 23.2 Å². The van der Waals surface area contributed by atoms with Crippen LogP contribution in [0.4, 0.5) is 5.69 Å². The molecule has 3 nitrogen and oxygen atoms in total. The zero-order valence-electron chi connectivity index (χ0n) is 9.06. The third-order valence-corrected chi connectivity index (χ3v) is 3.42. The first kappa shape index (κ1) is 11.4. The fraction of sp³-hybridized carbons (Fsp3) is 0.417. The fourth-order valence-corrected chi connectivity index (χ4v) is 2.22. The van der Waals surface area contributed by atoms with Gasteiger partial charge in [0.15, 0.2) is 0 Å². The number of alkyl halides is 1. The molecule has 1 aliphatic heterocycles. The Morgan fingerprint density at radius 3 is 2.88 bits per heavy atom. The zero-order chi connectivity index (χ0) is 11.7. The molecule has 1 amide bonds. The van der Waals surface area contributed by atoms with Gasteiger partial charge in [-0.3, -0.25) is 4.79 Å². The van der Waals surface area contributed by atoms with Crippen LogP contribution in [0.25, 0.3) is 0 Å². The molecule has 4 heteroatoms. The maximum absolute atomic E-state index is 11.9. The van der Waals surface area contributed by atoms with Crippen LogP contribution < -0.4 is 4.90 Å². The monoisotopic (exact) mass is 239 g/mol. The molecule has 86 valence electrons. The second-order valence-corrected chi connectivity index (χ2v) is 4.60. The number of aryl methyl sites for hydroxylation is 1. The van der Waals surface area contributed by atoms with Gasteiger partial charge >= 0.3 is 0 Å². The number of nitrogens with zero attached hydrogens (tertiary/aromatic N) is 1. The van der Waals surface area contributed by atoms with E-state index in [0.29, 0.717) is 6.54 Å². The number of halogens is 1. The van der Waals surface area contributed by atoms with Gasteiger partial charge in [-0.2, -0.15) is 0 Å². The molecule has 0 aliphatic carbocycles. The van der Waals surface area contributed by atoms with Crippen LogP contribution in [-0.2, 0) is 4.79 Å². The lowest BCUT2D eigenvalue weighted by atomic mass is 10.1. The molecule has 0 radical (unpaired) electrons. The minimum absolute atomic E-state index is 0.0534. The number of rotatable bonds is 2. The van der Waals surface area contributed by atoms with Crippen LogP contribution in [-0.4, -0.2) is 29.5 Å². The van der Waals surface area contributed by atoms with Gasteiger partial charge in [0.1, 0.15) is 5.38 Å². The summed E-state index contributed by atoms with van der Waals surface area (Å²) in [5.41, 5.74) is 1.95. The van der Waals surface area contributed by atoms with E-state index in [4.69, 9.17) is 16.7 Å². The minimum Gasteiger partial charge on any atom is -0.396 e. The van der Waals surface area contributed by atoms with E-state index in [-0.39, 0.29) is 18.4 Å². The summed E-state index contributed by atoms with van der Waals surface area (Å²) in [4.78, 5) is 13.5. The molecule has 16 heavy (non-hydrogen) atoms. The number of benzene rings is 1. The van der Waals surface area contributed by atoms with Crippen LogP contribution in [0, 0.1) is 12.8 Å². The Morgan fingerprint density at radius 2 is 2.31 bits per heavy atom. The summed E-state index contributed by atoms with van der Waals surface area (Å²) in [6.07, 6.45) is 0. The normalized spacial score (nSPS) is 25.2. The van der Waals surface area contributed by atoms with Crippen LogP contribution in [0.1, 0.15) is 5.56 Å². The van der Waals surface area contributed by atoms with Crippen LogP contribution in [0.15, 0.2) is 24.3 Å². The summed E-state index contributed by atoms with van der Waals surface area (Å²) >= 11 is 5.96. The molecule has 0 unspecified atom stereocenters. The predicted octanol–water partition coefficient (Wildman–Crippen LogP) is 1.56. The van der Waals surface area contributed by atoms with Crippen molar-refractivity contribution in [1.82, 2.24) is 0 Å². The summed E-state index contributed by atoms with van der Waals surface area (Å²) < 4.78 is 0. The lowest BCUT2D eigenvalue weighted by Crippen LogP contribution is -2.27. The summed E-state index contributed by atoms with van der Waals surface area (Å²) in [7, 11) is 0. The molecule has 2 atom stereocenters. The summed E-state index contributed by atoms with van der Waals surface area (Å²) in [6.45, 7) is 2.42. The third-order valence-electron chi connectivity index (χ3n) is 2.88. The maximum atomic E-state index is 11.9. The van der Waals surface area contributed by atoms with E-state index in [9.17, 15) is 4.79 Å². The van der Waals surface area contributed by atoms with Gasteiger partial charge < -0.3 is 10.0 Å². The second-order valence-electron chi connectivity index (χ2n) is 4.13. The molecule has 1 aliphatic rings. The number of hydrogen-bond donors (Lipinski definition) is 1. The summed E-state index contributed by atoms with van der Waals surface area (Å²) in [6, 6.07) is 7.72. The highest BCUT2D eigenvalue weighted by Gasteiger charge is 2.39. The molecule has 2 rings (SSSR count). The number of carbonyl (C=O) groups excluding carboxylic acids is 1. The van der Waals surface area contributed by atoms with E-state index in [2.05, 4.69) is 0 Å². The molecular weight excluding hydrogens is 226 g/mol. The maximum Gasteiger partial charge on any atom is 0.245 e. The van der Waals surface area contributed by atoms with Gasteiger partial charge in [-0.25, -0.2) is 0 Å². The smallest absolute Gasteiger partial charge is 0.245 e. The van der Waals surface area contributed by atoms with Gasteiger partial charge in [0.25, 0.3) is 0 Å². The molecule has 1 fully saturated rings. The average Bonchev–Trinajstić information content (AvgIpc) is 2.56. The average molecular weight is 240 g/mol. The number of carbonyl (C=O) groups is 1. The molecule has 0 bridgehead atoms. The number of aliphatic hydroxyl groups excluding tert-OH is 1. The molecule has 0 spiro atoms. The Labute approximate surface area is 99.6 Å².